The Morgan fingerprint density at radius 1 is 1.00 bits per heavy atom. The molecule has 1 aliphatic rings. The summed E-state index contributed by atoms with van der Waals surface area (Å²) in [6.45, 7) is 3.92. The topological polar surface area (TPSA) is 58.6 Å². The standard InChI is InChI=1S/C31H34BrClN2O3/c1-21-15-27(16-22(2)30(21)33)38-20-29(36)35(19-24-11-8-12-25(32)17-24)28(18-23-9-4-3-5-10-23)31(37)34-26-13-6-7-14-26/h3-5,8-12,15-17,26,28H,6-7,13-14,18-20H2,1-2H3,(H,34,37)/t28-/m0/s1. The zero-order valence-electron chi connectivity index (χ0n) is 21.9. The largest absolute Gasteiger partial charge is 0.484 e. The van der Waals surface area contributed by atoms with Crippen molar-refractivity contribution >= 4 is 39.3 Å². The lowest BCUT2D eigenvalue weighted by molar-refractivity contribution is -0.143. The Labute approximate surface area is 238 Å². The molecule has 3 aromatic carbocycles. The molecule has 0 spiro atoms. The smallest absolute Gasteiger partial charge is 0.261 e. The van der Waals surface area contributed by atoms with Crippen molar-refractivity contribution in [2.24, 2.45) is 0 Å². The highest BCUT2D eigenvalue weighted by Gasteiger charge is 2.32. The van der Waals surface area contributed by atoms with Crippen LogP contribution in [0.2, 0.25) is 5.02 Å². The van der Waals surface area contributed by atoms with E-state index >= 15 is 0 Å². The van der Waals surface area contributed by atoms with E-state index in [0.717, 1.165) is 52.4 Å². The van der Waals surface area contributed by atoms with Gasteiger partial charge in [-0.05, 0) is 73.2 Å². The van der Waals surface area contributed by atoms with Gasteiger partial charge in [0.1, 0.15) is 11.8 Å². The van der Waals surface area contributed by atoms with Gasteiger partial charge in [-0.2, -0.15) is 0 Å². The number of rotatable bonds is 10. The molecular formula is C31H34BrClN2O3. The Morgan fingerprint density at radius 3 is 2.32 bits per heavy atom. The highest BCUT2D eigenvalue weighted by Crippen LogP contribution is 2.26. The number of amides is 2. The first kappa shape index (κ1) is 28.2. The second-order valence-corrected chi connectivity index (χ2v) is 11.3. The van der Waals surface area contributed by atoms with E-state index in [1.807, 2.05) is 80.6 Å². The van der Waals surface area contributed by atoms with E-state index in [0.29, 0.717) is 17.2 Å². The van der Waals surface area contributed by atoms with E-state index in [1.54, 1.807) is 4.90 Å². The van der Waals surface area contributed by atoms with Gasteiger partial charge in [0.15, 0.2) is 6.61 Å². The quantitative estimate of drug-likeness (QED) is 0.280. The van der Waals surface area contributed by atoms with Crippen LogP contribution in [0.1, 0.15) is 47.9 Å². The summed E-state index contributed by atoms with van der Waals surface area (Å²) in [6.07, 6.45) is 4.59. The third-order valence-corrected chi connectivity index (χ3v) is 8.08. The number of aryl methyl sites for hydroxylation is 2. The molecule has 0 unspecified atom stereocenters. The monoisotopic (exact) mass is 596 g/mol. The fourth-order valence-electron chi connectivity index (χ4n) is 4.97. The zero-order chi connectivity index (χ0) is 27.1. The minimum atomic E-state index is -0.679. The molecule has 0 heterocycles. The van der Waals surface area contributed by atoms with Crippen molar-refractivity contribution < 1.29 is 14.3 Å². The summed E-state index contributed by atoms with van der Waals surface area (Å²) in [6, 6.07) is 20.8. The summed E-state index contributed by atoms with van der Waals surface area (Å²) >= 11 is 9.84. The van der Waals surface area contributed by atoms with Crippen LogP contribution in [0.5, 0.6) is 5.75 Å². The van der Waals surface area contributed by atoms with Gasteiger partial charge in [0.05, 0.1) is 0 Å². The van der Waals surface area contributed by atoms with Gasteiger partial charge in [-0.1, -0.05) is 82.8 Å². The van der Waals surface area contributed by atoms with Crippen molar-refractivity contribution in [1.29, 1.82) is 0 Å². The number of nitrogens with zero attached hydrogens (tertiary/aromatic N) is 1. The Morgan fingerprint density at radius 2 is 1.66 bits per heavy atom. The molecule has 0 aromatic heterocycles. The summed E-state index contributed by atoms with van der Waals surface area (Å²) in [5.74, 6) is 0.204. The molecule has 1 saturated carbocycles. The Balaban J connectivity index is 1.62. The summed E-state index contributed by atoms with van der Waals surface area (Å²) in [7, 11) is 0. The van der Waals surface area contributed by atoms with Gasteiger partial charge in [0.25, 0.3) is 5.91 Å². The molecule has 1 N–H and O–H groups in total. The second-order valence-electron chi connectivity index (χ2n) is 10.0. The highest BCUT2D eigenvalue weighted by molar-refractivity contribution is 9.10. The number of nitrogens with one attached hydrogen (secondary N) is 1. The van der Waals surface area contributed by atoms with Crippen molar-refractivity contribution in [3.05, 3.63) is 98.5 Å². The molecule has 0 radical (unpaired) electrons. The molecule has 1 fully saturated rings. The Bertz CT molecular complexity index is 1240. The van der Waals surface area contributed by atoms with E-state index in [4.69, 9.17) is 16.3 Å². The molecular weight excluding hydrogens is 564 g/mol. The van der Waals surface area contributed by atoms with Gasteiger partial charge in [0, 0.05) is 28.5 Å². The van der Waals surface area contributed by atoms with Crippen molar-refractivity contribution in [2.75, 3.05) is 6.61 Å². The van der Waals surface area contributed by atoms with E-state index in [-0.39, 0.29) is 31.0 Å². The number of benzene rings is 3. The maximum Gasteiger partial charge on any atom is 0.261 e. The number of ether oxygens (including phenoxy) is 1. The molecule has 2 amide bonds. The predicted molar refractivity (Wildman–Crippen MR) is 155 cm³/mol. The molecule has 1 aliphatic carbocycles. The SMILES string of the molecule is Cc1cc(OCC(=O)N(Cc2cccc(Br)c2)[C@@H](Cc2ccccc2)C(=O)NC2CCCC2)cc(C)c1Cl. The van der Waals surface area contributed by atoms with Crippen LogP contribution in [0.3, 0.4) is 0 Å². The van der Waals surface area contributed by atoms with E-state index < -0.39 is 6.04 Å². The Kier molecular flexibility index (Phi) is 9.86. The van der Waals surface area contributed by atoms with Crippen LogP contribution in [0, 0.1) is 13.8 Å². The van der Waals surface area contributed by atoms with E-state index in [9.17, 15) is 9.59 Å². The summed E-state index contributed by atoms with van der Waals surface area (Å²) in [5.41, 5.74) is 3.70. The molecule has 4 rings (SSSR count). The maximum atomic E-state index is 13.8. The molecule has 7 heteroatoms. The molecule has 200 valence electrons. The van der Waals surface area contributed by atoms with Gasteiger partial charge >= 0.3 is 0 Å². The normalized spacial score (nSPS) is 14.2. The van der Waals surface area contributed by atoms with E-state index in [1.165, 1.54) is 0 Å². The van der Waals surface area contributed by atoms with Crippen molar-refractivity contribution in [3.8, 4) is 5.75 Å². The van der Waals surface area contributed by atoms with Crippen LogP contribution >= 0.6 is 27.5 Å². The molecule has 5 nitrogen and oxygen atoms in total. The number of carbonyl (C=O) groups excluding carboxylic acids is 2. The minimum Gasteiger partial charge on any atom is -0.484 e. The lowest BCUT2D eigenvalue weighted by atomic mass is 10.0. The molecule has 1 atom stereocenters. The van der Waals surface area contributed by atoms with Gasteiger partial charge in [-0.3, -0.25) is 9.59 Å². The Hall–Kier alpha value is -2.83. The molecule has 0 bridgehead atoms. The fourth-order valence-corrected chi connectivity index (χ4v) is 5.53. The molecule has 0 saturated heterocycles. The molecule has 3 aromatic rings. The highest BCUT2D eigenvalue weighted by atomic mass is 79.9. The third-order valence-electron chi connectivity index (χ3n) is 6.99. The average molecular weight is 598 g/mol. The lowest BCUT2D eigenvalue weighted by Gasteiger charge is -2.32. The van der Waals surface area contributed by atoms with Crippen LogP contribution in [-0.4, -0.2) is 35.4 Å². The van der Waals surface area contributed by atoms with Gasteiger partial charge in [-0.25, -0.2) is 0 Å². The van der Waals surface area contributed by atoms with E-state index in [2.05, 4.69) is 21.2 Å². The van der Waals surface area contributed by atoms with Crippen molar-refractivity contribution in [3.63, 3.8) is 0 Å². The first-order valence-corrected chi connectivity index (χ1v) is 14.2. The van der Waals surface area contributed by atoms with Crippen molar-refractivity contribution in [1.82, 2.24) is 10.2 Å². The summed E-state index contributed by atoms with van der Waals surface area (Å²) in [4.78, 5) is 29.2. The number of halogens is 2. The molecule has 38 heavy (non-hydrogen) atoms. The van der Waals surface area contributed by atoms with Crippen LogP contribution in [-0.2, 0) is 22.6 Å². The van der Waals surface area contributed by atoms with Crippen LogP contribution in [0.4, 0.5) is 0 Å². The summed E-state index contributed by atoms with van der Waals surface area (Å²) in [5, 5.41) is 3.92. The number of hydrogen-bond donors (Lipinski definition) is 1. The summed E-state index contributed by atoms with van der Waals surface area (Å²) < 4.78 is 6.87. The van der Waals surface area contributed by atoms with Gasteiger partial charge < -0.3 is 15.0 Å². The minimum absolute atomic E-state index is 0.123. The van der Waals surface area contributed by atoms with Crippen molar-refractivity contribution in [2.45, 2.75) is 64.6 Å². The first-order chi connectivity index (χ1) is 18.3. The second kappa shape index (κ2) is 13.3. The number of hydrogen-bond acceptors (Lipinski definition) is 3. The maximum absolute atomic E-state index is 13.8. The molecule has 0 aliphatic heterocycles. The van der Waals surface area contributed by atoms with Gasteiger partial charge in [-0.15, -0.1) is 0 Å². The third kappa shape index (κ3) is 7.61. The zero-order valence-corrected chi connectivity index (χ0v) is 24.2. The van der Waals surface area contributed by atoms with Gasteiger partial charge in [0.2, 0.25) is 5.91 Å². The average Bonchev–Trinajstić information content (AvgIpc) is 3.41. The van der Waals surface area contributed by atoms with Crippen LogP contribution < -0.4 is 10.1 Å². The van der Waals surface area contributed by atoms with Crippen LogP contribution in [0.15, 0.2) is 71.2 Å². The van der Waals surface area contributed by atoms with Crippen LogP contribution in [0.25, 0.3) is 0 Å². The fraction of sp³-hybridized carbons (Fsp3) is 0.355. The first-order valence-electron chi connectivity index (χ1n) is 13.1. The number of carbonyl (C=O) groups is 2. The predicted octanol–water partition coefficient (Wildman–Crippen LogP) is 6.80. The lowest BCUT2D eigenvalue weighted by Crippen LogP contribution is -2.53.